The number of rotatable bonds is 8. The lowest BCUT2D eigenvalue weighted by atomic mass is 10.2. The van der Waals surface area contributed by atoms with E-state index in [0.717, 1.165) is 6.42 Å². The zero-order valence-electron chi connectivity index (χ0n) is 14.4. The van der Waals surface area contributed by atoms with Crippen molar-refractivity contribution in [2.24, 2.45) is 0 Å². The van der Waals surface area contributed by atoms with Crippen molar-refractivity contribution in [2.75, 3.05) is 11.3 Å². The second-order valence-corrected chi connectivity index (χ2v) is 7.08. The van der Waals surface area contributed by atoms with Crippen molar-refractivity contribution < 1.29 is 17.9 Å². The van der Waals surface area contributed by atoms with Crippen LogP contribution in [0.15, 0.2) is 35.5 Å². The summed E-state index contributed by atoms with van der Waals surface area (Å²) in [4.78, 5) is 12.2. The molecule has 3 N–H and O–H groups in total. The van der Waals surface area contributed by atoms with Crippen LogP contribution < -0.4 is 14.8 Å². The number of aromatic amines is 1. The van der Waals surface area contributed by atoms with Gasteiger partial charge in [0.1, 0.15) is 5.75 Å². The van der Waals surface area contributed by atoms with Crippen LogP contribution >= 0.6 is 0 Å². The van der Waals surface area contributed by atoms with E-state index < -0.39 is 15.9 Å². The van der Waals surface area contributed by atoms with E-state index in [4.69, 9.17) is 4.74 Å². The molecule has 0 saturated heterocycles. The van der Waals surface area contributed by atoms with Gasteiger partial charge in [0.05, 0.1) is 18.4 Å². The number of amides is 1. The first-order valence-electron chi connectivity index (χ1n) is 7.97. The van der Waals surface area contributed by atoms with Crippen molar-refractivity contribution in [3.8, 4) is 5.75 Å². The summed E-state index contributed by atoms with van der Waals surface area (Å²) in [5.74, 6) is 0.149. The van der Waals surface area contributed by atoms with E-state index in [0.29, 0.717) is 18.0 Å². The summed E-state index contributed by atoms with van der Waals surface area (Å²) < 4.78 is 32.9. The maximum Gasteiger partial charge on any atom is 0.279 e. The summed E-state index contributed by atoms with van der Waals surface area (Å²) in [5.41, 5.74) is 0.324. The molecule has 1 heterocycles. The molecule has 2 rings (SSSR count). The van der Waals surface area contributed by atoms with Crippen molar-refractivity contribution in [1.82, 2.24) is 15.5 Å². The SMILES string of the molecule is CCOc1ccc(NS(=O)(=O)c2[nH]ncc2C(=O)NC(C)CC)cc1. The van der Waals surface area contributed by atoms with Crippen LogP contribution in [0.25, 0.3) is 0 Å². The Kier molecular flexibility index (Phi) is 6.02. The summed E-state index contributed by atoms with van der Waals surface area (Å²) in [6, 6.07) is 6.41. The Labute approximate surface area is 147 Å². The van der Waals surface area contributed by atoms with Crippen molar-refractivity contribution in [3.05, 3.63) is 36.0 Å². The van der Waals surface area contributed by atoms with Crippen LogP contribution in [0.2, 0.25) is 0 Å². The van der Waals surface area contributed by atoms with E-state index in [9.17, 15) is 13.2 Å². The van der Waals surface area contributed by atoms with E-state index in [1.807, 2.05) is 20.8 Å². The zero-order chi connectivity index (χ0) is 18.4. The minimum absolute atomic E-state index is 0.0289. The summed E-state index contributed by atoms with van der Waals surface area (Å²) in [7, 11) is -3.98. The van der Waals surface area contributed by atoms with Gasteiger partial charge < -0.3 is 10.1 Å². The number of nitrogens with zero attached hydrogens (tertiary/aromatic N) is 1. The molecule has 0 saturated carbocycles. The molecule has 136 valence electrons. The fourth-order valence-electron chi connectivity index (χ4n) is 2.04. The number of hydrogen-bond donors (Lipinski definition) is 3. The number of anilines is 1. The molecule has 0 fully saturated rings. The topological polar surface area (TPSA) is 113 Å². The molecule has 9 heteroatoms. The standard InChI is InChI=1S/C16H22N4O4S/c1-4-11(3)18-15(21)14-10-17-19-16(14)25(22,23)20-12-6-8-13(9-7-12)24-5-2/h6-11,20H,4-5H2,1-3H3,(H,17,19)(H,18,21). The van der Waals surface area contributed by atoms with Gasteiger partial charge in [-0.15, -0.1) is 0 Å². The maximum absolute atomic E-state index is 12.6. The van der Waals surface area contributed by atoms with Gasteiger partial charge in [-0.3, -0.25) is 14.6 Å². The first-order valence-corrected chi connectivity index (χ1v) is 9.45. The molecule has 25 heavy (non-hydrogen) atoms. The van der Waals surface area contributed by atoms with Crippen LogP contribution in [0.1, 0.15) is 37.6 Å². The van der Waals surface area contributed by atoms with Crippen LogP contribution in [0.4, 0.5) is 5.69 Å². The van der Waals surface area contributed by atoms with E-state index in [1.54, 1.807) is 24.3 Å². The summed E-state index contributed by atoms with van der Waals surface area (Å²) >= 11 is 0. The molecule has 0 spiro atoms. The molecule has 2 aromatic rings. The van der Waals surface area contributed by atoms with Crippen molar-refractivity contribution in [1.29, 1.82) is 0 Å². The quantitative estimate of drug-likeness (QED) is 0.662. The number of aromatic nitrogens is 2. The molecular formula is C16H22N4O4S. The number of H-pyrrole nitrogens is 1. The molecule has 1 aromatic carbocycles. The van der Waals surface area contributed by atoms with Gasteiger partial charge in [0.25, 0.3) is 15.9 Å². The Bertz CT molecular complexity index is 815. The van der Waals surface area contributed by atoms with Gasteiger partial charge in [-0.25, -0.2) is 0 Å². The Morgan fingerprint density at radius 1 is 1.28 bits per heavy atom. The molecule has 1 atom stereocenters. The van der Waals surface area contributed by atoms with Gasteiger partial charge in [0.2, 0.25) is 0 Å². The first-order chi connectivity index (χ1) is 11.9. The monoisotopic (exact) mass is 366 g/mol. The summed E-state index contributed by atoms with van der Waals surface area (Å²) in [6.07, 6.45) is 1.93. The second-order valence-electron chi connectivity index (χ2n) is 5.46. The van der Waals surface area contributed by atoms with Crippen LogP contribution in [-0.2, 0) is 10.0 Å². The third-order valence-electron chi connectivity index (χ3n) is 3.53. The lowest BCUT2D eigenvalue weighted by Gasteiger charge is -2.12. The van der Waals surface area contributed by atoms with Gasteiger partial charge >= 0.3 is 0 Å². The van der Waals surface area contributed by atoms with Crippen LogP contribution in [-0.4, -0.2) is 37.2 Å². The number of sulfonamides is 1. The minimum Gasteiger partial charge on any atom is -0.494 e. The number of hydrogen-bond acceptors (Lipinski definition) is 5. The van der Waals surface area contributed by atoms with Gasteiger partial charge in [0.15, 0.2) is 5.03 Å². The molecule has 0 aliphatic rings. The number of carbonyl (C=O) groups excluding carboxylic acids is 1. The van der Waals surface area contributed by atoms with E-state index >= 15 is 0 Å². The highest BCUT2D eigenvalue weighted by atomic mass is 32.2. The molecule has 0 radical (unpaired) electrons. The molecule has 1 aromatic heterocycles. The number of carbonyl (C=O) groups is 1. The normalized spacial score (nSPS) is 12.4. The molecule has 0 bridgehead atoms. The Morgan fingerprint density at radius 3 is 2.56 bits per heavy atom. The lowest BCUT2D eigenvalue weighted by molar-refractivity contribution is 0.0936. The third kappa shape index (κ3) is 4.72. The predicted molar refractivity (Wildman–Crippen MR) is 94.2 cm³/mol. The molecular weight excluding hydrogens is 344 g/mol. The summed E-state index contributed by atoms with van der Waals surface area (Å²) in [6.45, 7) is 6.14. The van der Waals surface area contributed by atoms with E-state index in [-0.39, 0.29) is 16.6 Å². The van der Waals surface area contributed by atoms with Gasteiger partial charge in [0, 0.05) is 11.7 Å². The van der Waals surface area contributed by atoms with E-state index in [2.05, 4.69) is 20.2 Å². The fraction of sp³-hybridized carbons (Fsp3) is 0.375. The average Bonchev–Trinajstić information content (AvgIpc) is 3.07. The zero-order valence-corrected chi connectivity index (χ0v) is 15.2. The highest BCUT2D eigenvalue weighted by Gasteiger charge is 2.25. The van der Waals surface area contributed by atoms with E-state index in [1.165, 1.54) is 6.20 Å². The highest BCUT2D eigenvalue weighted by molar-refractivity contribution is 7.92. The second kappa shape index (κ2) is 8.02. The predicted octanol–water partition coefficient (Wildman–Crippen LogP) is 2.14. The smallest absolute Gasteiger partial charge is 0.279 e. The van der Waals surface area contributed by atoms with Crippen molar-refractivity contribution in [3.63, 3.8) is 0 Å². The Hall–Kier alpha value is -2.55. The number of nitrogens with one attached hydrogen (secondary N) is 3. The molecule has 1 amide bonds. The minimum atomic E-state index is -3.98. The molecule has 1 unspecified atom stereocenters. The van der Waals surface area contributed by atoms with Crippen LogP contribution in [0.3, 0.4) is 0 Å². The fourth-order valence-corrected chi connectivity index (χ4v) is 3.19. The number of benzene rings is 1. The molecule has 0 aliphatic carbocycles. The first kappa shape index (κ1) is 18.8. The molecule has 8 nitrogen and oxygen atoms in total. The largest absolute Gasteiger partial charge is 0.494 e. The Morgan fingerprint density at radius 2 is 1.96 bits per heavy atom. The summed E-state index contributed by atoms with van der Waals surface area (Å²) in [5, 5.41) is 8.53. The van der Waals surface area contributed by atoms with Gasteiger partial charge in [-0.05, 0) is 44.5 Å². The van der Waals surface area contributed by atoms with Crippen LogP contribution in [0, 0.1) is 0 Å². The van der Waals surface area contributed by atoms with Crippen molar-refractivity contribution >= 4 is 21.6 Å². The maximum atomic E-state index is 12.6. The lowest BCUT2D eigenvalue weighted by Crippen LogP contribution is -2.33. The average molecular weight is 366 g/mol. The highest BCUT2D eigenvalue weighted by Crippen LogP contribution is 2.20. The van der Waals surface area contributed by atoms with Crippen LogP contribution in [0.5, 0.6) is 5.75 Å². The third-order valence-corrected chi connectivity index (χ3v) is 4.88. The van der Waals surface area contributed by atoms with Gasteiger partial charge in [-0.1, -0.05) is 6.92 Å². The number of ether oxygens (including phenoxy) is 1. The molecule has 0 aliphatic heterocycles. The Balaban J connectivity index is 2.20. The van der Waals surface area contributed by atoms with Crippen molar-refractivity contribution in [2.45, 2.75) is 38.3 Å². The van der Waals surface area contributed by atoms with Gasteiger partial charge in [-0.2, -0.15) is 13.5 Å².